The van der Waals surface area contributed by atoms with Crippen molar-refractivity contribution in [2.75, 3.05) is 0 Å². The Morgan fingerprint density at radius 3 is 0.852 bits per heavy atom. The molecule has 8 atom stereocenters. The van der Waals surface area contributed by atoms with E-state index < -0.39 is 15.6 Å². The maximum Gasteiger partial charge on any atom is 0.524 e. The van der Waals surface area contributed by atoms with Gasteiger partial charge in [-0.1, -0.05) is 72.8 Å². The van der Waals surface area contributed by atoms with Crippen LogP contribution in [-0.2, 0) is 9.13 Å². The first-order valence-corrected chi connectivity index (χ1v) is 21.3. The van der Waals surface area contributed by atoms with Crippen LogP contribution in [0.1, 0.15) is 162 Å². The molecule has 0 aliphatic heterocycles. The van der Waals surface area contributed by atoms with E-state index in [0.717, 1.165) is 35.1 Å². The summed E-state index contributed by atoms with van der Waals surface area (Å²) < 4.78 is 37.3. The van der Waals surface area contributed by atoms with Gasteiger partial charge in [0.2, 0.25) is 0 Å². The van der Waals surface area contributed by atoms with Crippen molar-refractivity contribution in [3.05, 3.63) is 162 Å². The van der Waals surface area contributed by atoms with Crippen molar-refractivity contribution in [1.82, 2.24) is 0 Å². The van der Waals surface area contributed by atoms with Crippen LogP contribution in [0.5, 0.6) is 11.5 Å². The molecule has 0 fully saturated rings. The quantitative estimate of drug-likeness (QED) is 0.108. The number of hydrogen-bond donors (Lipinski definition) is 4. The molecule has 8 bridgehead atoms. The van der Waals surface area contributed by atoms with Crippen molar-refractivity contribution in [3.8, 4) is 11.5 Å². The van der Waals surface area contributed by atoms with Gasteiger partial charge in [0.25, 0.3) is 0 Å². The summed E-state index contributed by atoms with van der Waals surface area (Å²) in [6.45, 7) is 0. The molecule has 0 unspecified atom stereocenters. The van der Waals surface area contributed by atoms with Gasteiger partial charge in [-0.15, -0.1) is 0 Å². The Bertz CT molecular complexity index is 2350. The largest absolute Gasteiger partial charge is 0.524 e. The van der Waals surface area contributed by atoms with Crippen LogP contribution in [-0.4, -0.2) is 78.7 Å². The Balaban J connectivity index is 0.00000171. The number of fused-ring (bicyclic) bond motifs is 32. The Labute approximate surface area is 355 Å². The fraction of sp³-hybridized carbons (Fsp3) is 0.286. The zero-order chi connectivity index (χ0) is 34.7. The van der Waals surface area contributed by atoms with Crippen molar-refractivity contribution in [2.24, 2.45) is 0 Å². The smallest absolute Gasteiger partial charge is 0.404 e. The number of phosphoric acid groups is 2. The molecule has 13 rings (SSSR count). The minimum atomic E-state index is -5.03. The first-order chi connectivity index (χ1) is 25.0. The summed E-state index contributed by atoms with van der Waals surface area (Å²) >= 11 is 0. The normalized spacial score (nSPS) is 27.9. The Kier molecular flexibility index (Phi) is 7.39. The molecule has 0 aromatic heterocycles. The summed E-state index contributed by atoms with van der Waals surface area (Å²) in [4.78, 5) is 41.7. The third-order valence-electron chi connectivity index (χ3n) is 14.3. The van der Waals surface area contributed by atoms with Crippen molar-refractivity contribution >= 4 is 74.8 Å². The van der Waals surface area contributed by atoms with E-state index >= 15 is 0 Å². The fourth-order valence-electron chi connectivity index (χ4n) is 12.9. The first kappa shape index (κ1) is 35.2. The second kappa shape index (κ2) is 11.3. The fourth-order valence-corrected chi connectivity index (χ4v) is 13.7. The van der Waals surface area contributed by atoms with Gasteiger partial charge in [0.1, 0.15) is 11.5 Å². The zero-order valence-electron chi connectivity index (χ0n) is 29.7. The molecule has 0 heterocycles. The topological polar surface area (TPSA) is 134 Å². The maximum atomic E-state index is 12.8. The molecule has 8 aliphatic carbocycles. The third-order valence-corrected chi connectivity index (χ3v) is 15.2. The van der Waals surface area contributed by atoms with Gasteiger partial charge >= 0.3 is 15.6 Å². The molecule has 4 N–H and O–H groups in total. The van der Waals surface area contributed by atoms with Gasteiger partial charge in [-0.3, -0.25) is 19.6 Å². The van der Waals surface area contributed by atoms with Crippen LogP contribution in [0, 0.1) is 0 Å². The van der Waals surface area contributed by atoms with Gasteiger partial charge in [-0.05, 0) is 92.4 Å². The molecular weight excluding hydrogens is 740 g/mol. The molecule has 8 aliphatic rings. The molecule has 8 nitrogen and oxygen atoms in total. The molecule has 5 aromatic rings. The summed E-state index contributed by atoms with van der Waals surface area (Å²) in [5.41, 5.74) is 17.7. The van der Waals surface area contributed by atoms with Gasteiger partial charge in [0.05, 0.1) is 0 Å². The number of hydrogen-bond acceptors (Lipinski definition) is 4. The van der Waals surface area contributed by atoms with E-state index in [1.165, 1.54) is 44.5 Å². The van der Waals surface area contributed by atoms with Crippen LogP contribution >= 0.6 is 15.6 Å². The first-order valence-electron chi connectivity index (χ1n) is 18.3. The van der Waals surface area contributed by atoms with Gasteiger partial charge in [0.15, 0.2) is 0 Å². The van der Waals surface area contributed by atoms with Crippen LogP contribution in [0.2, 0.25) is 0 Å². The summed E-state index contributed by atoms with van der Waals surface area (Å²) in [7, 11) is -10.1. The van der Waals surface area contributed by atoms with Gasteiger partial charge in [-0.2, -0.15) is 0 Å². The predicted molar refractivity (Wildman–Crippen MR) is 202 cm³/mol. The van der Waals surface area contributed by atoms with Gasteiger partial charge < -0.3 is 9.05 Å². The van der Waals surface area contributed by atoms with Crippen molar-refractivity contribution in [3.63, 3.8) is 0 Å². The number of benzene rings is 5. The summed E-state index contributed by atoms with van der Waals surface area (Å²) in [6.07, 6.45) is 3.33. The van der Waals surface area contributed by atoms with Crippen LogP contribution < -0.4 is 9.05 Å². The van der Waals surface area contributed by atoms with E-state index in [2.05, 4.69) is 72.8 Å². The van der Waals surface area contributed by atoms with Crippen LogP contribution in [0.25, 0.3) is 0 Å². The second-order valence-corrected chi connectivity index (χ2v) is 18.6. The Hall–Kier alpha value is -2.00. The van der Waals surface area contributed by atoms with Crippen LogP contribution in [0.15, 0.2) is 72.8 Å². The minimum Gasteiger partial charge on any atom is -0.404 e. The van der Waals surface area contributed by atoms with Crippen molar-refractivity contribution < 1.29 is 37.8 Å². The molecule has 12 heteroatoms. The van der Waals surface area contributed by atoms with E-state index in [9.17, 15) is 28.7 Å². The monoisotopic (exact) mass is 772 g/mol. The minimum absolute atomic E-state index is 0. The van der Waals surface area contributed by atoms with E-state index in [-0.39, 0.29) is 94.3 Å². The molecule has 0 amide bonds. The summed E-state index contributed by atoms with van der Waals surface area (Å²) in [6, 6.07) is 26.6. The van der Waals surface area contributed by atoms with Crippen molar-refractivity contribution in [1.29, 1.82) is 0 Å². The number of rotatable bonds is 4. The van der Waals surface area contributed by atoms with E-state index in [1.54, 1.807) is 0 Å². The maximum absolute atomic E-state index is 12.8. The van der Waals surface area contributed by atoms with Crippen molar-refractivity contribution in [2.45, 2.75) is 73.0 Å². The third kappa shape index (κ3) is 4.36. The van der Waals surface area contributed by atoms with E-state index in [0.29, 0.717) is 58.8 Å². The zero-order valence-corrected chi connectivity index (χ0v) is 35.5. The average Bonchev–Trinajstić information content (AvgIpc) is 3.98. The summed E-state index contributed by atoms with van der Waals surface area (Å²) in [5.74, 6) is 0.661. The molecule has 0 saturated carbocycles. The second-order valence-electron chi connectivity index (χ2n) is 16.3. The Morgan fingerprint density at radius 1 is 0.389 bits per heavy atom. The predicted octanol–water partition coefficient (Wildman–Crippen LogP) is 7.79. The standard InChI is InChI=1S/C42H32O8P2.2Na/c43-51(44,45)49-41-37-33-15-34(30-12-26-22-9-21(25(26)11-29(30)33)17-5-1-2-6-18(17)22)38(37)42(50-52(46,47)48)40-36-16-35(39(40)41)31-13-27-23-10-24(28(27)14-32(31)36)20-8-4-3-7-19(20)23;;/h1-8,11-14,21-24,33-36H,9-10,15-16H2,(H2,43,44,45)(H2,46,47,48);;/t21-,22+,23+,24-,33-,34+,35+,36-;;. The van der Waals surface area contributed by atoms with Gasteiger partial charge in [-0.25, -0.2) is 9.13 Å². The van der Waals surface area contributed by atoms with Gasteiger partial charge in [0, 0.05) is 129 Å². The van der Waals surface area contributed by atoms with Crippen LogP contribution in [0.4, 0.5) is 0 Å². The molecule has 0 spiro atoms. The van der Waals surface area contributed by atoms with E-state index in [1.807, 2.05) is 0 Å². The SMILES string of the molecule is O=P(O)(O)Oc1c2c(c(OP(=O)(O)O)c3c1[C@H]1C[C@@H]3c3cc4c(cc31)[C@H]1C[C@@H]4c3ccccc31)[C@H]1C[C@@H]2c2cc3c(cc21)[C@H]1C[C@@H]3c2ccccc21.[Na].[Na]. The molecule has 5 aromatic carbocycles. The van der Waals surface area contributed by atoms with E-state index in [4.69, 9.17) is 9.05 Å². The molecular formula is C42H32Na2O8P2. The Morgan fingerprint density at radius 2 is 0.611 bits per heavy atom. The van der Waals surface area contributed by atoms with Crippen LogP contribution in [0.3, 0.4) is 0 Å². The molecule has 54 heavy (non-hydrogen) atoms. The molecule has 2 radical (unpaired) electrons. The molecule has 0 saturated heterocycles. The summed E-state index contributed by atoms with van der Waals surface area (Å²) in [5, 5.41) is 0. The average molecular weight is 773 g/mol. The molecule has 260 valence electrons. The number of phosphoric ester groups is 2.